The molecule has 0 spiro atoms. The fraction of sp³-hybridized carbons (Fsp3) is 1.00. The van der Waals surface area contributed by atoms with E-state index < -0.39 is 0 Å². The molecule has 78 valence electrons. The van der Waals surface area contributed by atoms with Crippen molar-refractivity contribution in [3.05, 3.63) is 0 Å². The van der Waals surface area contributed by atoms with Crippen LogP contribution in [0.3, 0.4) is 0 Å². The van der Waals surface area contributed by atoms with Crippen molar-refractivity contribution in [2.45, 2.75) is 39.0 Å². The monoisotopic (exact) mass is 187 g/mol. The zero-order chi connectivity index (χ0) is 9.57. The van der Waals surface area contributed by atoms with E-state index >= 15 is 0 Å². The van der Waals surface area contributed by atoms with Crippen molar-refractivity contribution >= 4 is 0 Å². The first kappa shape index (κ1) is 11.0. The zero-order valence-electron chi connectivity index (χ0n) is 8.51. The van der Waals surface area contributed by atoms with Gasteiger partial charge in [-0.2, -0.15) is 0 Å². The van der Waals surface area contributed by atoms with Crippen molar-refractivity contribution in [3.63, 3.8) is 0 Å². The average Bonchev–Trinajstić information content (AvgIpc) is 2.20. The van der Waals surface area contributed by atoms with Crippen LogP contribution < -0.4 is 5.48 Å². The highest BCUT2D eigenvalue weighted by atomic mass is 16.6. The fourth-order valence-corrected chi connectivity index (χ4v) is 2.00. The predicted molar refractivity (Wildman–Crippen MR) is 52.2 cm³/mol. The first-order valence-corrected chi connectivity index (χ1v) is 5.28. The molecule has 0 unspecified atom stereocenters. The molecule has 0 aliphatic heterocycles. The summed E-state index contributed by atoms with van der Waals surface area (Å²) in [4.78, 5) is 5.10. The van der Waals surface area contributed by atoms with E-state index in [1.54, 1.807) is 0 Å². The van der Waals surface area contributed by atoms with E-state index in [9.17, 15) is 5.11 Å². The minimum absolute atomic E-state index is 0.0907. The Morgan fingerprint density at radius 3 is 2.54 bits per heavy atom. The molecule has 0 atom stereocenters. The van der Waals surface area contributed by atoms with Crippen molar-refractivity contribution in [1.82, 2.24) is 5.48 Å². The van der Waals surface area contributed by atoms with Gasteiger partial charge in [0.05, 0.1) is 6.61 Å². The lowest BCUT2D eigenvalue weighted by molar-refractivity contribution is -0.00746. The van der Waals surface area contributed by atoms with Crippen LogP contribution in [0.25, 0.3) is 0 Å². The molecule has 3 heteroatoms. The summed E-state index contributed by atoms with van der Waals surface area (Å²) in [6.45, 7) is 3.71. The molecule has 0 aromatic rings. The van der Waals surface area contributed by atoms with Gasteiger partial charge in [-0.05, 0) is 19.8 Å². The highest BCUT2D eigenvalue weighted by Crippen LogP contribution is 2.35. The molecule has 2 N–H and O–H groups in total. The quantitative estimate of drug-likeness (QED) is 0.506. The van der Waals surface area contributed by atoms with E-state index in [-0.39, 0.29) is 12.0 Å². The van der Waals surface area contributed by atoms with Crippen molar-refractivity contribution < 1.29 is 9.94 Å². The van der Waals surface area contributed by atoms with E-state index in [1.807, 2.05) is 6.92 Å². The lowest BCUT2D eigenvalue weighted by Crippen LogP contribution is -2.39. The molecule has 0 radical (unpaired) electrons. The van der Waals surface area contributed by atoms with Crippen LogP contribution in [0.5, 0.6) is 0 Å². The number of aliphatic hydroxyl groups is 1. The van der Waals surface area contributed by atoms with Crippen molar-refractivity contribution in [2.75, 3.05) is 19.8 Å². The lowest BCUT2D eigenvalue weighted by Gasteiger charge is -2.35. The van der Waals surface area contributed by atoms with E-state index in [1.165, 1.54) is 19.3 Å². The maximum absolute atomic E-state index is 9.35. The summed E-state index contributed by atoms with van der Waals surface area (Å²) in [5, 5.41) is 9.35. The molecule has 1 aliphatic rings. The maximum atomic E-state index is 9.35. The van der Waals surface area contributed by atoms with Gasteiger partial charge in [0.1, 0.15) is 0 Å². The summed E-state index contributed by atoms with van der Waals surface area (Å²) in [7, 11) is 0. The van der Waals surface area contributed by atoms with Crippen LogP contribution >= 0.6 is 0 Å². The number of rotatable bonds is 5. The molecule has 13 heavy (non-hydrogen) atoms. The van der Waals surface area contributed by atoms with Gasteiger partial charge in [0.2, 0.25) is 0 Å². The lowest BCUT2D eigenvalue weighted by atomic mass is 9.75. The summed E-state index contributed by atoms with van der Waals surface area (Å²) in [5.74, 6) is 0. The number of aliphatic hydroxyl groups excluding tert-OH is 1. The second-order valence-electron chi connectivity index (χ2n) is 3.97. The van der Waals surface area contributed by atoms with Gasteiger partial charge >= 0.3 is 0 Å². The van der Waals surface area contributed by atoms with Gasteiger partial charge < -0.3 is 9.94 Å². The Balaban J connectivity index is 2.29. The number of nitrogens with one attached hydrogen (secondary N) is 1. The minimum atomic E-state index is 0.0907. The Labute approximate surface area is 80.4 Å². The second kappa shape index (κ2) is 5.58. The molecule has 0 aromatic heterocycles. The van der Waals surface area contributed by atoms with Gasteiger partial charge in [-0.25, -0.2) is 5.48 Å². The van der Waals surface area contributed by atoms with Gasteiger partial charge in [-0.15, -0.1) is 0 Å². The smallest absolute Gasteiger partial charge is 0.0653 e. The van der Waals surface area contributed by atoms with Crippen LogP contribution in [-0.4, -0.2) is 24.9 Å². The molecule has 0 heterocycles. The third-order valence-electron chi connectivity index (χ3n) is 2.94. The topological polar surface area (TPSA) is 41.5 Å². The Morgan fingerprint density at radius 2 is 2.00 bits per heavy atom. The van der Waals surface area contributed by atoms with Gasteiger partial charge in [0.25, 0.3) is 0 Å². The molecule has 1 aliphatic carbocycles. The third-order valence-corrected chi connectivity index (χ3v) is 2.94. The van der Waals surface area contributed by atoms with Crippen LogP contribution in [0.4, 0.5) is 0 Å². The van der Waals surface area contributed by atoms with Crippen LogP contribution in [0.2, 0.25) is 0 Å². The summed E-state index contributed by atoms with van der Waals surface area (Å²) in [6.07, 6.45) is 6.06. The summed E-state index contributed by atoms with van der Waals surface area (Å²) in [5.41, 5.74) is 3.03. The van der Waals surface area contributed by atoms with Gasteiger partial charge in [-0.3, -0.25) is 0 Å². The SMILES string of the molecule is CCONCC1(CO)CCCCC1. The summed E-state index contributed by atoms with van der Waals surface area (Å²) < 4.78 is 0. The minimum Gasteiger partial charge on any atom is -0.396 e. The first-order chi connectivity index (χ1) is 6.33. The number of hydroxylamine groups is 1. The Bertz CT molecular complexity index is 133. The van der Waals surface area contributed by atoms with E-state index in [2.05, 4.69) is 5.48 Å². The summed E-state index contributed by atoms with van der Waals surface area (Å²) >= 11 is 0. The molecule has 0 bridgehead atoms. The molecule has 0 saturated heterocycles. The zero-order valence-corrected chi connectivity index (χ0v) is 8.51. The van der Waals surface area contributed by atoms with E-state index in [0.717, 1.165) is 19.4 Å². The first-order valence-electron chi connectivity index (χ1n) is 5.28. The predicted octanol–water partition coefficient (Wildman–Crippen LogP) is 1.47. The molecule has 0 aromatic carbocycles. The van der Waals surface area contributed by atoms with Crippen molar-refractivity contribution in [1.29, 1.82) is 0 Å². The molecular weight excluding hydrogens is 166 g/mol. The standard InChI is InChI=1S/C10H21NO2/c1-2-13-11-8-10(9-12)6-4-3-5-7-10/h11-12H,2-9H2,1H3. The highest BCUT2D eigenvalue weighted by molar-refractivity contribution is 4.83. The molecule has 1 rings (SSSR count). The van der Waals surface area contributed by atoms with Crippen molar-refractivity contribution in [3.8, 4) is 0 Å². The molecular formula is C10H21NO2. The number of hydrogen-bond acceptors (Lipinski definition) is 3. The van der Waals surface area contributed by atoms with Crippen LogP contribution in [0, 0.1) is 5.41 Å². The Morgan fingerprint density at radius 1 is 1.31 bits per heavy atom. The molecule has 3 nitrogen and oxygen atoms in total. The maximum Gasteiger partial charge on any atom is 0.0653 e. The van der Waals surface area contributed by atoms with Gasteiger partial charge in [0, 0.05) is 18.6 Å². The normalized spacial score (nSPS) is 21.7. The van der Waals surface area contributed by atoms with Crippen LogP contribution in [-0.2, 0) is 4.84 Å². The second-order valence-corrected chi connectivity index (χ2v) is 3.97. The third kappa shape index (κ3) is 3.25. The Hall–Kier alpha value is -0.120. The largest absolute Gasteiger partial charge is 0.396 e. The van der Waals surface area contributed by atoms with E-state index in [4.69, 9.17) is 4.84 Å². The summed E-state index contributed by atoms with van der Waals surface area (Å²) in [6, 6.07) is 0. The number of hydrogen-bond donors (Lipinski definition) is 2. The average molecular weight is 187 g/mol. The highest BCUT2D eigenvalue weighted by Gasteiger charge is 2.30. The Kier molecular flexibility index (Phi) is 4.70. The van der Waals surface area contributed by atoms with E-state index in [0.29, 0.717) is 6.61 Å². The molecule has 1 fully saturated rings. The van der Waals surface area contributed by atoms with Gasteiger partial charge in [-0.1, -0.05) is 19.3 Å². The van der Waals surface area contributed by atoms with Crippen molar-refractivity contribution in [2.24, 2.45) is 5.41 Å². The molecule has 0 amide bonds. The van der Waals surface area contributed by atoms with Gasteiger partial charge in [0.15, 0.2) is 0 Å². The fourth-order valence-electron chi connectivity index (χ4n) is 2.00. The molecule has 1 saturated carbocycles. The van der Waals surface area contributed by atoms with Crippen LogP contribution in [0.15, 0.2) is 0 Å². The van der Waals surface area contributed by atoms with Crippen LogP contribution in [0.1, 0.15) is 39.0 Å².